The minimum absolute atomic E-state index is 0.161. The van der Waals surface area contributed by atoms with Gasteiger partial charge in [-0.2, -0.15) is 0 Å². The number of rotatable bonds is 2. The van der Waals surface area contributed by atoms with E-state index >= 15 is 0 Å². The lowest BCUT2D eigenvalue weighted by Crippen LogP contribution is -2.36. The molecule has 1 aromatic heterocycles. The van der Waals surface area contributed by atoms with Crippen molar-refractivity contribution in [2.45, 2.75) is 23.1 Å². The van der Waals surface area contributed by atoms with Crippen LogP contribution in [-0.2, 0) is 10.8 Å². The third-order valence-corrected chi connectivity index (χ3v) is 4.80. The number of benzene rings is 1. The maximum absolute atomic E-state index is 12.4. The average molecular weight is 261 g/mol. The highest BCUT2D eigenvalue weighted by Gasteiger charge is 2.22. The summed E-state index contributed by atoms with van der Waals surface area (Å²) in [6.07, 6.45) is 3.72. The molecule has 2 aromatic rings. The molecule has 18 heavy (non-hydrogen) atoms. The Morgan fingerprint density at radius 2 is 2.11 bits per heavy atom. The maximum Gasteiger partial charge on any atom is 0.146 e. The number of hydrogen-bond acceptors (Lipinski definition) is 4. The zero-order valence-corrected chi connectivity index (χ0v) is 10.8. The maximum atomic E-state index is 12.4. The molecule has 3 rings (SSSR count). The third kappa shape index (κ3) is 2.28. The van der Waals surface area contributed by atoms with Crippen LogP contribution >= 0.6 is 0 Å². The molecule has 2 atom stereocenters. The highest BCUT2D eigenvalue weighted by molar-refractivity contribution is 7.85. The molecule has 5 heteroatoms. The van der Waals surface area contributed by atoms with Crippen molar-refractivity contribution in [1.82, 2.24) is 15.3 Å². The summed E-state index contributed by atoms with van der Waals surface area (Å²) in [5, 5.41) is 4.04. The molecule has 0 radical (unpaired) electrons. The van der Waals surface area contributed by atoms with Gasteiger partial charge in [0.1, 0.15) is 5.03 Å². The highest BCUT2D eigenvalue weighted by atomic mass is 32.2. The molecule has 0 bridgehead atoms. The molecule has 1 saturated heterocycles. The van der Waals surface area contributed by atoms with E-state index < -0.39 is 10.8 Å². The summed E-state index contributed by atoms with van der Waals surface area (Å²) in [4.78, 5) is 8.78. The molecule has 0 unspecified atom stereocenters. The second kappa shape index (κ2) is 5.12. The quantitative estimate of drug-likeness (QED) is 0.890. The molecule has 1 aliphatic rings. The van der Waals surface area contributed by atoms with Crippen LogP contribution in [0.1, 0.15) is 12.8 Å². The summed E-state index contributed by atoms with van der Waals surface area (Å²) in [5.74, 6) is 0. The van der Waals surface area contributed by atoms with Crippen LogP contribution in [0.3, 0.4) is 0 Å². The molecule has 0 saturated carbocycles. The van der Waals surface area contributed by atoms with E-state index in [2.05, 4.69) is 15.3 Å². The lowest BCUT2D eigenvalue weighted by atomic mass is 10.2. The van der Waals surface area contributed by atoms with Gasteiger partial charge < -0.3 is 5.32 Å². The predicted octanol–water partition coefficient (Wildman–Crippen LogP) is 1.49. The van der Waals surface area contributed by atoms with Gasteiger partial charge in [-0.15, -0.1) is 0 Å². The van der Waals surface area contributed by atoms with Crippen LogP contribution in [0.2, 0.25) is 0 Å². The zero-order chi connectivity index (χ0) is 12.4. The molecule has 1 fully saturated rings. The topological polar surface area (TPSA) is 54.9 Å². The van der Waals surface area contributed by atoms with E-state index in [0.29, 0.717) is 5.03 Å². The molecule has 2 heterocycles. The van der Waals surface area contributed by atoms with Crippen LogP contribution in [0.15, 0.2) is 35.5 Å². The monoisotopic (exact) mass is 261 g/mol. The Balaban J connectivity index is 1.91. The fourth-order valence-electron chi connectivity index (χ4n) is 2.21. The normalized spacial score (nSPS) is 21.9. The summed E-state index contributed by atoms with van der Waals surface area (Å²) in [7, 11) is -1.06. The zero-order valence-electron chi connectivity index (χ0n) is 10.0. The van der Waals surface area contributed by atoms with E-state index in [0.717, 1.165) is 37.0 Å². The molecule has 0 spiro atoms. The first kappa shape index (κ1) is 11.7. The minimum Gasteiger partial charge on any atom is -0.316 e. The Hall–Kier alpha value is -1.33. The van der Waals surface area contributed by atoms with Crippen molar-refractivity contribution in [3.05, 3.63) is 30.5 Å². The molecular formula is C13H15N3OS. The van der Waals surface area contributed by atoms with Crippen LogP contribution in [0.25, 0.3) is 11.0 Å². The molecule has 0 aliphatic carbocycles. The summed E-state index contributed by atoms with van der Waals surface area (Å²) in [6, 6.07) is 7.67. The van der Waals surface area contributed by atoms with E-state index in [9.17, 15) is 4.21 Å². The Kier molecular flexibility index (Phi) is 3.34. The third-order valence-electron chi connectivity index (χ3n) is 3.19. The number of para-hydroxylation sites is 2. The van der Waals surface area contributed by atoms with Gasteiger partial charge in [0.25, 0.3) is 0 Å². The fraction of sp³-hybridized carbons (Fsp3) is 0.385. The van der Waals surface area contributed by atoms with E-state index in [1.54, 1.807) is 6.20 Å². The van der Waals surface area contributed by atoms with Gasteiger partial charge in [0.15, 0.2) is 0 Å². The van der Waals surface area contributed by atoms with Crippen LogP contribution in [0.4, 0.5) is 0 Å². The van der Waals surface area contributed by atoms with Gasteiger partial charge in [0.2, 0.25) is 0 Å². The summed E-state index contributed by atoms with van der Waals surface area (Å²) >= 11 is 0. The Labute approximate surface area is 108 Å². The second-order valence-corrected chi connectivity index (χ2v) is 6.14. The minimum atomic E-state index is -1.06. The first-order valence-electron chi connectivity index (χ1n) is 6.18. The highest BCUT2D eigenvalue weighted by Crippen LogP contribution is 2.17. The van der Waals surface area contributed by atoms with Gasteiger partial charge >= 0.3 is 0 Å². The largest absolute Gasteiger partial charge is 0.316 e. The van der Waals surface area contributed by atoms with Crippen molar-refractivity contribution in [1.29, 1.82) is 0 Å². The van der Waals surface area contributed by atoms with E-state index in [4.69, 9.17) is 0 Å². The van der Waals surface area contributed by atoms with Crippen molar-refractivity contribution < 1.29 is 4.21 Å². The van der Waals surface area contributed by atoms with Gasteiger partial charge in [-0.05, 0) is 31.5 Å². The first-order chi connectivity index (χ1) is 8.84. The van der Waals surface area contributed by atoms with Crippen LogP contribution in [0.5, 0.6) is 0 Å². The van der Waals surface area contributed by atoms with Crippen LogP contribution in [0, 0.1) is 0 Å². The Morgan fingerprint density at radius 3 is 2.89 bits per heavy atom. The molecular weight excluding hydrogens is 246 g/mol. The molecule has 1 aromatic carbocycles. The van der Waals surface area contributed by atoms with Gasteiger partial charge in [-0.3, -0.25) is 9.19 Å². The van der Waals surface area contributed by atoms with Crippen molar-refractivity contribution in [2.75, 3.05) is 13.1 Å². The summed E-state index contributed by atoms with van der Waals surface area (Å²) in [6.45, 7) is 1.83. The number of hydrogen-bond donors (Lipinski definition) is 1. The molecule has 1 N–H and O–H groups in total. The summed E-state index contributed by atoms with van der Waals surface area (Å²) < 4.78 is 12.4. The second-order valence-electron chi connectivity index (χ2n) is 4.46. The number of nitrogens with one attached hydrogen (secondary N) is 1. The average Bonchev–Trinajstić information content (AvgIpc) is 2.47. The lowest BCUT2D eigenvalue weighted by Gasteiger charge is -2.21. The number of nitrogens with zero attached hydrogens (tertiary/aromatic N) is 2. The standard InChI is InChI=1S/C13H15N3OS/c17-18(10-4-3-7-14-8-10)13-9-15-11-5-1-2-6-12(11)16-13/h1-2,5-6,9-10,14H,3-4,7-8H2/t10-,18-/m1/s1. The van der Waals surface area contributed by atoms with Crippen molar-refractivity contribution in [3.63, 3.8) is 0 Å². The first-order valence-corrected chi connectivity index (χ1v) is 7.39. The predicted molar refractivity (Wildman–Crippen MR) is 71.8 cm³/mol. The molecule has 4 nitrogen and oxygen atoms in total. The van der Waals surface area contributed by atoms with Crippen molar-refractivity contribution in [3.8, 4) is 0 Å². The molecule has 1 aliphatic heterocycles. The van der Waals surface area contributed by atoms with Gasteiger partial charge in [0.05, 0.1) is 33.3 Å². The Bertz CT molecular complexity index is 581. The lowest BCUT2D eigenvalue weighted by molar-refractivity contribution is 0.519. The summed E-state index contributed by atoms with van der Waals surface area (Å²) in [5.41, 5.74) is 1.66. The van der Waals surface area contributed by atoms with Crippen molar-refractivity contribution >= 4 is 21.8 Å². The number of aromatic nitrogens is 2. The van der Waals surface area contributed by atoms with Gasteiger partial charge in [-0.1, -0.05) is 12.1 Å². The van der Waals surface area contributed by atoms with Crippen molar-refractivity contribution in [2.24, 2.45) is 0 Å². The molecule has 94 valence electrons. The van der Waals surface area contributed by atoms with Gasteiger partial charge in [-0.25, -0.2) is 4.98 Å². The SMILES string of the molecule is O=[S@@](c1cnc2ccccc2n1)[C@@H]1CCCNC1. The van der Waals surface area contributed by atoms with Gasteiger partial charge in [0, 0.05) is 6.54 Å². The van der Waals surface area contributed by atoms with E-state index in [1.807, 2.05) is 24.3 Å². The van der Waals surface area contributed by atoms with E-state index in [-0.39, 0.29) is 5.25 Å². The Morgan fingerprint density at radius 1 is 1.28 bits per heavy atom. The van der Waals surface area contributed by atoms with Crippen LogP contribution in [-0.4, -0.2) is 32.5 Å². The molecule has 0 amide bonds. The number of piperidine rings is 1. The smallest absolute Gasteiger partial charge is 0.146 e. The fourth-order valence-corrected chi connectivity index (χ4v) is 3.55. The van der Waals surface area contributed by atoms with Crippen LogP contribution < -0.4 is 5.32 Å². The van der Waals surface area contributed by atoms with E-state index in [1.165, 1.54) is 0 Å². The number of fused-ring (bicyclic) bond motifs is 1.